The Labute approximate surface area is 148 Å². The largest absolute Gasteiger partial charge is 0.481 e. The number of guanidine groups is 1. The maximum absolute atomic E-state index is 13.8. The molecule has 0 fully saturated rings. The van der Waals surface area contributed by atoms with E-state index in [1.165, 1.54) is 0 Å². The number of methoxy groups -OCH3 is 1. The second kappa shape index (κ2) is 9.01. The van der Waals surface area contributed by atoms with Crippen molar-refractivity contribution in [2.75, 3.05) is 13.7 Å². The molecule has 1 aromatic heterocycles. The first kappa shape index (κ1) is 18.7. The Balaban J connectivity index is 2.09. The van der Waals surface area contributed by atoms with Crippen molar-refractivity contribution in [3.63, 3.8) is 0 Å². The Kier molecular flexibility index (Phi) is 6.74. The van der Waals surface area contributed by atoms with Gasteiger partial charge in [0.25, 0.3) is 0 Å². The maximum atomic E-state index is 13.8. The molecule has 25 heavy (non-hydrogen) atoms. The van der Waals surface area contributed by atoms with Crippen molar-refractivity contribution < 1.29 is 9.13 Å². The molecule has 1 aromatic carbocycles. The molecule has 0 saturated carbocycles. The highest BCUT2D eigenvalue weighted by Gasteiger charge is 2.10. The summed E-state index contributed by atoms with van der Waals surface area (Å²) < 4.78 is 18.9. The second-order valence-electron chi connectivity index (χ2n) is 5.78. The molecule has 0 saturated heterocycles. The molecule has 2 aromatic rings. The number of nitrogens with one attached hydrogen (secondary N) is 2. The molecule has 5 nitrogen and oxygen atoms in total. The van der Waals surface area contributed by atoms with Gasteiger partial charge in [-0.3, -0.25) is 0 Å². The fraction of sp³-hybridized carbons (Fsp3) is 0.368. The molecule has 0 bridgehead atoms. The average molecular weight is 344 g/mol. The van der Waals surface area contributed by atoms with Gasteiger partial charge >= 0.3 is 0 Å². The predicted molar refractivity (Wildman–Crippen MR) is 98.3 cm³/mol. The van der Waals surface area contributed by atoms with Crippen LogP contribution < -0.4 is 15.4 Å². The Morgan fingerprint density at radius 1 is 1.32 bits per heavy atom. The summed E-state index contributed by atoms with van der Waals surface area (Å²) in [6.07, 6.45) is 1.70. The lowest BCUT2D eigenvalue weighted by molar-refractivity contribution is 0.397. The van der Waals surface area contributed by atoms with Gasteiger partial charge in [-0.1, -0.05) is 12.1 Å². The Bertz CT molecular complexity index is 733. The number of rotatable bonds is 6. The molecular formula is C19H25FN4O. The van der Waals surface area contributed by atoms with Gasteiger partial charge in [-0.2, -0.15) is 0 Å². The summed E-state index contributed by atoms with van der Waals surface area (Å²) in [5.41, 5.74) is 2.51. The standard InChI is InChI=1S/C19H25FN4O/c1-5-21-19(23-12-15-8-9-22-18(10-15)25-4)24-14(3)16-7-6-13(2)17(20)11-16/h6-11,14H,5,12H2,1-4H3,(H2,21,23,24). The molecule has 0 aliphatic carbocycles. The van der Waals surface area contributed by atoms with Gasteiger partial charge in [0.15, 0.2) is 5.96 Å². The summed E-state index contributed by atoms with van der Waals surface area (Å²) >= 11 is 0. The molecule has 1 unspecified atom stereocenters. The number of aromatic nitrogens is 1. The van der Waals surface area contributed by atoms with Crippen LogP contribution in [0.1, 0.15) is 36.6 Å². The molecule has 1 heterocycles. The third-order valence-electron chi connectivity index (χ3n) is 3.82. The SMILES string of the molecule is CCNC(=NCc1ccnc(OC)c1)NC(C)c1ccc(C)c(F)c1. The summed E-state index contributed by atoms with van der Waals surface area (Å²) in [4.78, 5) is 8.67. The van der Waals surface area contributed by atoms with Crippen molar-refractivity contribution in [2.24, 2.45) is 4.99 Å². The van der Waals surface area contributed by atoms with E-state index < -0.39 is 0 Å². The van der Waals surface area contributed by atoms with Crippen molar-refractivity contribution in [2.45, 2.75) is 33.4 Å². The number of nitrogens with zero attached hydrogens (tertiary/aromatic N) is 2. The lowest BCUT2D eigenvalue weighted by Gasteiger charge is -2.18. The molecule has 0 spiro atoms. The first-order valence-corrected chi connectivity index (χ1v) is 8.33. The lowest BCUT2D eigenvalue weighted by atomic mass is 10.1. The van der Waals surface area contributed by atoms with Gasteiger partial charge in [0.05, 0.1) is 19.7 Å². The topological polar surface area (TPSA) is 58.5 Å². The number of aryl methyl sites for hydroxylation is 1. The number of benzene rings is 1. The van der Waals surface area contributed by atoms with E-state index >= 15 is 0 Å². The van der Waals surface area contributed by atoms with E-state index in [0.29, 0.717) is 23.9 Å². The van der Waals surface area contributed by atoms with E-state index in [9.17, 15) is 4.39 Å². The zero-order valence-electron chi connectivity index (χ0n) is 15.1. The quantitative estimate of drug-likeness (QED) is 0.623. The molecule has 0 radical (unpaired) electrons. The second-order valence-corrected chi connectivity index (χ2v) is 5.78. The van der Waals surface area contributed by atoms with Crippen LogP contribution in [0.4, 0.5) is 4.39 Å². The smallest absolute Gasteiger partial charge is 0.213 e. The van der Waals surface area contributed by atoms with Crippen LogP contribution in [0.5, 0.6) is 5.88 Å². The van der Waals surface area contributed by atoms with Crippen molar-refractivity contribution in [1.82, 2.24) is 15.6 Å². The van der Waals surface area contributed by atoms with Crippen LogP contribution in [-0.2, 0) is 6.54 Å². The Hall–Kier alpha value is -2.63. The van der Waals surface area contributed by atoms with Gasteiger partial charge in [-0.25, -0.2) is 14.4 Å². The van der Waals surface area contributed by atoms with Crippen LogP contribution in [0.2, 0.25) is 0 Å². The van der Waals surface area contributed by atoms with Gasteiger partial charge in [0.2, 0.25) is 5.88 Å². The minimum atomic E-state index is -0.197. The molecule has 0 aliphatic heterocycles. The lowest BCUT2D eigenvalue weighted by Crippen LogP contribution is -2.38. The van der Waals surface area contributed by atoms with Crippen molar-refractivity contribution in [3.8, 4) is 5.88 Å². The highest BCUT2D eigenvalue weighted by molar-refractivity contribution is 5.80. The Morgan fingerprint density at radius 2 is 2.12 bits per heavy atom. The van der Waals surface area contributed by atoms with Gasteiger partial charge in [0, 0.05) is 18.8 Å². The molecule has 0 amide bonds. The maximum Gasteiger partial charge on any atom is 0.213 e. The fourth-order valence-corrected chi connectivity index (χ4v) is 2.32. The van der Waals surface area contributed by atoms with E-state index in [-0.39, 0.29) is 11.9 Å². The summed E-state index contributed by atoms with van der Waals surface area (Å²) in [5.74, 6) is 1.04. The van der Waals surface area contributed by atoms with Crippen molar-refractivity contribution in [3.05, 3.63) is 59.0 Å². The van der Waals surface area contributed by atoms with E-state index in [1.54, 1.807) is 32.4 Å². The molecule has 134 valence electrons. The molecule has 0 aliphatic rings. The van der Waals surface area contributed by atoms with Gasteiger partial charge in [0.1, 0.15) is 5.82 Å². The van der Waals surface area contributed by atoms with E-state index in [4.69, 9.17) is 4.74 Å². The van der Waals surface area contributed by atoms with E-state index in [1.807, 2.05) is 32.0 Å². The third-order valence-corrected chi connectivity index (χ3v) is 3.82. The average Bonchev–Trinajstić information content (AvgIpc) is 2.62. The first-order chi connectivity index (χ1) is 12.0. The van der Waals surface area contributed by atoms with Crippen molar-refractivity contribution in [1.29, 1.82) is 0 Å². The number of hydrogen-bond donors (Lipinski definition) is 2. The molecule has 1 atom stereocenters. The zero-order valence-corrected chi connectivity index (χ0v) is 15.1. The molecule has 2 rings (SSSR count). The number of hydrogen-bond acceptors (Lipinski definition) is 3. The van der Waals surface area contributed by atoms with Crippen molar-refractivity contribution >= 4 is 5.96 Å². The number of pyridine rings is 1. The number of ether oxygens (including phenoxy) is 1. The van der Waals surface area contributed by atoms with Crippen LogP contribution in [0, 0.1) is 12.7 Å². The van der Waals surface area contributed by atoms with E-state index in [0.717, 1.165) is 17.7 Å². The van der Waals surface area contributed by atoms with Crippen LogP contribution in [0.3, 0.4) is 0 Å². The highest BCUT2D eigenvalue weighted by Crippen LogP contribution is 2.16. The number of halogens is 1. The fourth-order valence-electron chi connectivity index (χ4n) is 2.32. The summed E-state index contributed by atoms with van der Waals surface area (Å²) in [7, 11) is 1.59. The highest BCUT2D eigenvalue weighted by atomic mass is 19.1. The molecule has 6 heteroatoms. The zero-order chi connectivity index (χ0) is 18.2. The van der Waals surface area contributed by atoms with Crippen LogP contribution in [-0.4, -0.2) is 24.6 Å². The minimum absolute atomic E-state index is 0.0696. The van der Waals surface area contributed by atoms with Gasteiger partial charge in [-0.15, -0.1) is 0 Å². The third kappa shape index (κ3) is 5.45. The first-order valence-electron chi connectivity index (χ1n) is 8.33. The van der Waals surface area contributed by atoms with Crippen LogP contribution >= 0.6 is 0 Å². The van der Waals surface area contributed by atoms with Crippen LogP contribution in [0.25, 0.3) is 0 Å². The Morgan fingerprint density at radius 3 is 2.80 bits per heavy atom. The number of aliphatic imine (C=N–C) groups is 1. The predicted octanol–water partition coefficient (Wildman–Crippen LogP) is 3.35. The normalized spacial score (nSPS) is 12.6. The van der Waals surface area contributed by atoms with Crippen LogP contribution in [0.15, 0.2) is 41.5 Å². The minimum Gasteiger partial charge on any atom is -0.481 e. The summed E-state index contributed by atoms with van der Waals surface area (Å²) in [6, 6.07) is 8.95. The summed E-state index contributed by atoms with van der Waals surface area (Å²) in [6.45, 7) is 6.96. The molecular weight excluding hydrogens is 319 g/mol. The van der Waals surface area contributed by atoms with Gasteiger partial charge < -0.3 is 15.4 Å². The monoisotopic (exact) mass is 344 g/mol. The van der Waals surface area contributed by atoms with Gasteiger partial charge in [-0.05, 0) is 49.6 Å². The summed E-state index contributed by atoms with van der Waals surface area (Å²) in [5, 5.41) is 6.51. The molecule has 2 N–H and O–H groups in total. The van der Waals surface area contributed by atoms with E-state index in [2.05, 4.69) is 20.6 Å².